The number of fused-ring (bicyclic) bond motifs is 16. The average Bonchev–Trinajstić information content (AvgIpc) is 1.57. The molecule has 4 N–H and O–H groups in total. The highest BCUT2D eigenvalue weighted by Gasteiger charge is 2.49. The van der Waals surface area contributed by atoms with E-state index in [-0.39, 0.29) is 41.1 Å². The minimum absolute atomic E-state index is 0.00428. The molecule has 36 heteroatoms. The van der Waals surface area contributed by atoms with Gasteiger partial charge in [-0.25, -0.2) is 71.5 Å². The Morgan fingerprint density at radius 2 is 0.865 bits per heavy atom. The minimum atomic E-state index is -3.51. The van der Waals surface area contributed by atoms with Crippen LogP contribution in [0.15, 0.2) is 114 Å². The number of hydrogen-bond donors (Lipinski definition) is 3. The molecule has 29 nitrogen and oxygen atoms in total. The Kier molecular flexibility index (Phi) is 28.2. The molecule has 3 aromatic carbocycles. The molecule has 6 aliphatic heterocycles. The molecule has 0 saturated carbocycles. The van der Waals surface area contributed by atoms with Gasteiger partial charge in [-0.15, -0.1) is 56.7 Å². The van der Waals surface area contributed by atoms with Crippen LogP contribution in [-0.4, -0.2) is 196 Å². The number of carbonyl (C=O) groups excluding carboxylic acids is 4. The lowest BCUT2D eigenvalue weighted by atomic mass is 9.87. The molecular weight excluding hydrogens is 1910 g/mol. The molecule has 4 amide bonds. The van der Waals surface area contributed by atoms with Gasteiger partial charge in [0.25, 0.3) is 5.91 Å². The Morgan fingerprint density at radius 3 is 1.27 bits per heavy atom. The topological polar surface area (TPSA) is 347 Å². The molecule has 5 aliphatic carbocycles. The van der Waals surface area contributed by atoms with E-state index < -0.39 is 25.6 Å². The second kappa shape index (κ2) is 40.6. The third-order valence-electron chi connectivity index (χ3n) is 30.9. The number of thiophene rings is 5. The fourth-order valence-electron chi connectivity index (χ4n) is 22.5. The second-order valence-electron chi connectivity index (χ2n) is 41.2. The number of ether oxygens (including phenoxy) is 1. The van der Waals surface area contributed by atoms with Crippen LogP contribution < -0.4 is 40.9 Å². The van der Waals surface area contributed by atoms with E-state index in [4.69, 9.17) is 10.5 Å². The molecule has 11 aliphatic rings. The van der Waals surface area contributed by atoms with Crippen LogP contribution in [0, 0.1) is 29.6 Å². The van der Waals surface area contributed by atoms with Gasteiger partial charge in [0.1, 0.15) is 90.4 Å². The average molecular weight is 2040 g/mol. The Hall–Kier alpha value is -10.4. The number of carbonyl (C=O) groups is 4. The molecule has 10 aromatic heterocycles. The third kappa shape index (κ3) is 19.5. The van der Waals surface area contributed by atoms with E-state index in [2.05, 4.69) is 172 Å². The van der Waals surface area contributed by atoms with Gasteiger partial charge in [0.05, 0.1) is 49.2 Å². The number of hydrogen-bond acceptors (Lipinski definition) is 29. The van der Waals surface area contributed by atoms with Gasteiger partial charge < -0.3 is 40.3 Å². The summed E-state index contributed by atoms with van der Waals surface area (Å²) >= 11 is 8.94. The highest BCUT2D eigenvalue weighted by Crippen LogP contribution is 2.51. The van der Waals surface area contributed by atoms with Crippen molar-refractivity contribution in [3.63, 3.8) is 0 Å². The maximum absolute atomic E-state index is 13.3. The van der Waals surface area contributed by atoms with Crippen molar-refractivity contribution < 1.29 is 40.8 Å². The van der Waals surface area contributed by atoms with E-state index in [1.807, 2.05) is 42.5 Å². The van der Waals surface area contributed by atoms with Crippen LogP contribution in [0.1, 0.15) is 214 Å². The summed E-state index contributed by atoms with van der Waals surface area (Å²) in [6, 6.07) is 22.9. The number of urea groups is 1. The number of sulfonamides is 2. The summed E-state index contributed by atoms with van der Waals surface area (Å²) in [7, 11) is -7.00. The van der Waals surface area contributed by atoms with E-state index in [9.17, 15) is 36.0 Å². The van der Waals surface area contributed by atoms with Crippen molar-refractivity contribution in [2.45, 2.75) is 230 Å². The quantitative estimate of drug-likeness (QED) is 0.0672. The number of para-hydroxylation sites is 1. The lowest BCUT2D eigenvalue weighted by molar-refractivity contribution is -0.144. The number of nitrogens with zero attached hydrogens (tertiary/aromatic N) is 17. The molecule has 5 saturated heterocycles. The summed E-state index contributed by atoms with van der Waals surface area (Å²) in [6.07, 6.45) is 28.7. The van der Waals surface area contributed by atoms with Crippen molar-refractivity contribution in [1.29, 1.82) is 0 Å². The van der Waals surface area contributed by atoms with Gasteiger partial charge >= 0.3 is 12.0 Å². The molecule has 6 unspecified atom stereocenters. The first kappa shape index (κ1) is 98.0. The van der Waals surface area contributed by atoms with Crippen molar-refractivity contribution in [1.82, 2.24) is 69.1 Å². The summed E-state index contributed by atoms with van der Waals surface area (Å²) in [5.41, 5.74) is 16.4. The minimum Gasteiger partial charge on any atom is -0.466 e. The molecule has 141 heavy (non-hydrogen) atoms. The van der Waals surface area contributed by atoms with Crippen LogP contribution in [0.5, 0.6) is 0 Å². The van der Waals surface area contributed by atoms with Crippen LogP contribution in [-0.2, 0) is 109 Å². The van der Waals surface area contributed by atoms with Crippen LogP contribution in [0.3, 0.4) is 0 Å². The van der Waals surface area contributed by atoms with Gasteiger partial charge in [-0.1, -0.05) is 105 Å². The van der Waals surface area contributed by atoms with Gasteiger partial charge in [-0.2, -0.15) is 8.61 Å². The predicted molar refractivity (Wildman–Crippen MR) is 564 cm³/mol. The fourth-order valence-corrected chi connectivity index (χ4v) is 31.9. The molecule has 6 atom stereocenters. The maximum atomic E-state index is 13.3. The first-order chi connectivity index (χ1) is 68.0. The second-order valence-corrected chi connectivity index (χ2v) is 50.5. The molecule has 0 bridgehead atoms. The standard InChI is InChI=1S/2C25H32N4O2S2.C20H19N3O2S.C18H21N5O2S.C17H22N4OS/c1-17-5-10-20-21(15-17)32-24-22(20)23(26-16-27-24)28-11-13-29(14-12-28)33(30,31)19-8-6-18(7-9-19)25(2,3)4;1-4-18(3)19-6-8-20(9-7-19)33(30,31)29-13-11-28(12-14-29)24-23-21-10-5-17(2)15-22(21)32-25(23)27-16-26-24;1-2-25-20(24)13-7-8-15-16(13)17-18(21-11-22-19(17)26-15)23-10-9-12-5-3-4-6-14(12)23;1-10-2-3-11-12(8-10)26-15-13(11)14(19-9-20-15)23-6-4-18(5-7-23)16(24)21-17(25)22-18;1-10-2-3-12-13(8-10)23-17-14(12)16(19-9-20-17)21-6-4-11(5-7-21)15(18)22/h6-9,16-17H,5,10-15H2,1-4H3;6-9,16-18H,4-5,10-15H2,1-3H3;3-6,11,13H,2,7-10H2,1H3;9-10H,2-8H2,1H3,(H2,21,22,24,25);9-11H,2-8H2,1H3,(H2,18,22). The number of nitrogens with one attached hydrogen (secondary N) is 2. The number of aryl methyl sites for hydroxylation is 5. The van der Waals surface area contributed by atoms with Gasteiger partial charge in [-0.05, 0) is 245 Å². The number of rotatable bonds is 14. The highest BCUT2D eigenvalue weighted by atomic mass is 32.2. The molecule has 13 aromatic rings. The largest absolute Gasteiger partial charge is 0.466 e. The number of benzene rings is 3. The lowest BCUT2D eigenvalue weighted by Crippen LogP contribution is -2.55. The van der Waals surface area contributed by atoms with Gasteiger partial charge in [0, 0.05) is 121 Å². The Bertz CT molecular complexity index is 7130. The maximum Gasteiger partial charge on any atom is 0.322 e. The monoisotopic (exact) mass is 2030 g/mol. The smallest absolute Gasteiger partial charge is 0.322 e. The number of amides is 4. The van der Waals surface area contributed by atoms with Crippen molar-refractivity contribution in [3.8, 4) is 0 Å². The number of piperidine rings is 2. The van der Waals surface area contributed by atoms with Crippen molar-refractivity contribution in [3.05, 3.63) is 173 Å². The summed E-state index contributed by atoms with van der Waals surface area (Å²) in [5.74, 6) is 7.61. The number of piperazine rings is 2. The molecule has 1 spiro atoms. The van der Waals surface area contributed by atoms with E-state index in [0.29, 0.717) is 107 Å². The first-order valence-corrected chi connectivity index (χ1v) is 57.4. The zero-order valence-electron chi connectivity index (χ0n) is 82.1. The van der Waals surface area contributed by atoms with E-state index in [0.717, 1.165) is 191 Å². The van der Waals surface area contributed by atoms with Gasteiger partial charge in [-0.3, -0.25) is 19.7 Å². The van der Waals surface area contributed by atoms with Crippen molar-refractivity contribution in [2.75, 3.05) is 116 Å². The predicted octanol–water partition coefficient (Wildman–Crippen LogP) is 18.0. The first-order valence-electron chi connectivity index (χ1n) is 50.4. The Balaban J connectivity index is 0.000000109. The Labute approximate surface area is 844 Å². The summed E-state index contributed by atoms with van der Waals surface area (Å²) in [6.45, 7) is 30.6. The van der Waals surface area contributed by atoms with Gasteiger partial charge in [0.15, 0.2) is 0 Å². The number of imide groups is 1. The van der Waals surface area contributed by atoms with Crippen LogP contribution in [0.2, 0.25) is 0 Å². The molecule has 0 radical (unpaired) electrons. The fraction of sp³-hybridized carbons (Fsp3) is 0.505. The van der Waals surface area contributed by atoms with Crippen LogP contribution in [0.4, 0.5) is 39.6 Å². The lowest BCUT2D eigenvalue weighted by Gasteiger charge is -2.37. The summed E-state index contributed by atoms with van der Waals surface area (Å²) in [5, 5.41) is 11.1. The Morgan fingerprint density at radius 1 is 0.468 bits per heavy atom. The number of primary amides is 1. The zero-order valence-corrected chi connectivity index (χ0v) is 87.8. The zero-order chi connectivity index (χ0) is 98.1. The van der Waals surface area contributed by atoms with Gasteiger partial charge in [0.2, 0.25) is 26.0 Å². The molecule has 24 rings (SSSR count). The highest BCUT2D eigenvalue weighted by molar-refractivity contribution is 7.89. The molecule has 742 valence electrons. The SMILES string of the molecule is CC1CCc2c(sc3ncnc(N4CCC(C(N)=O)CC4)c23)C1.CC1CCc2c(sc3ncnc(N4CCC5(CC4)NC(=O)NC5=O)c23)C1.CC1CCc2c(sc3ncnc(N4CCN(S(=O)(=O)c5ccc(C(C)(C)C)cc5)CC4)c23)C1.CCC(C)c1ccc(S(=O)(=O)N2CCN(c3ncnc4sc5c(c34)CCC(C)C5)CC2)cc1.CCOC(=O)C1CCc2sc3ncnc(N4CCc5ccccc54)c3c21. The normalized spacial score (nSPS) is 21.1. The van der Waals surface area contributed by atoms with E-state index in [1.165, 1.54) is 117 Å². The number of nitrogens with two attached hydrogens (primary N) is 1. The molecular formula is C105H126N20O9S7. The van der Waals surface area contributed by atoms with Crippen molar-refractivity contribution >= 4 is 186 Å². The summed E-state index contributed by atoms with van der Waals surface area (Å²) in [4.78, 5) is 118. The third-order valence-corrected chi connectivity index (χ3v) is 40.5. The van der Waals surface area contributed by atoms with Crippen molar-refractivity contribution in [2.24, 2.45) is 35.3 Å². The number of esters is 1. The van der Waals surface area contributed by atoms with E-state index >= 15 is 0 Å². The summed E-state index contributed by atoms with van der Waals surface area (Å²) < 4.78 is 61.6. The molecule has 5 fully saturated rings. The number of anilines is 6. The van der Waals surface area contributed by atoms with Crippen LogP contribution >= 0.6 is 56.7 Å². The number of aromatic nitrogens is 10. The molecule has 16 heterocycles. The van der Waals surface area contributed by atoms with E-state index in [1.54, 1.807) is 110 Å². The van der Waals surface area contributed by atoms with Crippen LogP contribution in [0.25, 0.3) is 51.1 Å².